The van der Waals surface area contributed by atoms with Crippen LogP contribution in [-0.2, 0) is 10.8 Å². The van der Waals surface area contributed by atoms with Crippen LogP contribution in [0.2, 0.25) is 10.0 Å². The van der Waals surface area contributed by atoms with Crippen molar-refractivity contribution in [1.29, 1.82) is 0 Å². The molecule has 1 rings (SSSR count). The van der Waals surface area contributed by atoms with Gasteiger partial charge in [-0.2, -0.15) is 0 Å². The minimum Gasteiger partial charge on any atom is -0.327 e. The summed E-state index contributed by atoms with van der Waals surface area (Å²) in [6, 6.07) is 4.86. The quantitative estimate of drug-likeness (QED) is 0.921. The van der Waals surface area contributed by atoms with Gasteiger partial charge in [0.1, 0.15) is 0 Å². The van der Waals surface area contributed by atoms with Gasteiger partial charge in [0.2, 0.25) is 0 Å². The van der Waals surface area contributed by atoms with E-state index in [1.54, 1.807) is 18.2 Å². The second kappa shape index (κ2) is 6.01. The molecular weight excluding hydrogens is 265 g/mol. The zero-order valence-electron chi connectivity index (χ0n) is 9.24. The van der Waals surface area contributed by atoms with Crippen LogP contribution < -0.4 is 5.73 Å². The molecular formula is C11H15Cl2NOS. The number of hydrogen-bond donors (Lipinski definition) is 1. The molecule has 0 saturated heterocycles. The number of halogens is 2. The standard InChI is InChI=1S/C11H15Cl2NOS/c1-7(2)10(14)6-16(15)11-5-8(12)3-4-9(11)13/h3-5,7,10H,6,14H2,1-2H3. The number of nitrogens with two attached hydrogens (primary N) is 1. The van der Waals surface area contributed by atoms with Crippen molar-refractivity contribution in [2.75, 3.05) is 5.75 Å². The van der Waals surface area contributed by atoms with Gasteiger partial charge in [-0.1, -0.05) is 37.0 Å². The van der Waals surface area contributed by atoms with Gasteiger partial charge in [-0.15, -0.1) is 0 Å². The van der Waals surface area contributed by atoms with Gasteiger partial charge in [0, 0.05) is 16.8 Å². The second-order valence-electron chi connectivity index (χ2n) is 3.99. The summed E-state index contributed by atoms with van der Waals surface area (Å²) in [6.45, 7) is 4.00. The first-order chi connectivity index (χ1) is 7.41. The second-order valence-corrected chi connectivity index (χ2v) is 6.30. The SMILES string of the molecule is CC(C)C(N)CS(=O)c1cc(Cl)ccc1Cl. The lowest BCUT2D eigenvalue weighted by Gasteiger charge is -2.15. The van der Waals surface area contributed by atoms with E-state index in [1.165, 1.54) is 0 Å². The summed E-state index contributed by atoms with van der Waals surface area (Å²) in [6.07, 6.45) is 0. The van der Waals surface area contributed by atoms with Gasteiger partial charge in [0.15, 0.2) is 0 Å². The zero-order chi connectivity index (χ0) is 12.3. The van der Waals surface area contributed by atoms with Crippen LogP contribution >= 0.6 is 23.2 Å². The molecule has 0 saturated carbocycles. The molecule has 2 N–H and O–H groups in total. The van der Waals surface area contributed by atoms with Crippen LogP contribution in [0.5, 0.6) is 0 Å². The summed E-state index contributed by atoms with van der Waals surface area (Å²) in [5, 5.41) is 1.00. The molecule has 1 aromatic rings. The Kier molecular flexibility index (Phi) is 5.25. The van der Waals surface area contributed by atoms with Crippen LogP contribution in [-0.4, -0.2) is 16.0 Å². The van der Waals surface area contributed by atoms with E-state index in [0.29, 0.717) is 26.6 Å². The number of benzene rings is 1. The lowest BCUT2D eigenvalue weighted by atomic mass is 10.1. The Balaban J connectivity index is 2.84. The van der Waals surface area contributed by atoms with E-state index in [-0.39, 0.29) is 6.04 Å². The van der Waals surface area contributed by atoms with E-state index < -0.39 is 10.8 Å². The molecule has 90 valence electrons. The molecule has 0 spiro atoms. The largest absolute Gasteiger partial charge is 0.327 e. The normalized spacial score (nSPS) is 15.1. The van der Waals surface area contributed by atoms with E-state index in [2.05, 4.69) is 0 Å². The summed E-state index contributed by atoms with van der Waals surface area (Å²) in [7, 11) is -1.20. The lowest BCUT2D eigenvalue weighted by Crippen LogP contribution is -2.32. The molecule has 0 aliphatic rings. The predicted molar refractivity (Wildman–Crippen MR) is 70.6 cm³/mol. The first kappa shape index (κ1) is 14.0. The molecule has 1 aromatic carbocycles. The fourth-order valence-electron chi connectivity index (χ4n) is 1.11. The van der Waals surface area contributed by atoms with Crippen molar-refractivity contribution in [1.82, 2.24) is 0 Å². The molecule has 5 heteroatoms. The minimum absolute atomic E-state index is 0.101. The molecule has 2 nitrogen and oxygen atoms in total. The predicted octanol–water partition coefficient (Wildman–Crippen LogP) is 3.08. The van der Waals surface area contributed by atoms with Gasteiger partial charge in [-0.3, -0.25) is 4.21 Å². The Bertz CT molecular complexity index is 396. The van der Waals surface area contributed by atoms with Crippen LogP contribution in [0.15, 0.2) is 23.1 Å². The summed E-state index contributed by atoms with van der Waals surface area (Å²) >= 11 is 11.8. The highest BCUT2D eigenvalue weighted by atomic mass is 35.5. The maximum absolute atomic E-state index is 12.0. The van der Waals surface area contributed by atoms with Crippen molar-refractivity contribution in [2.24, 2.45) is 11.7 Å². The fourth-order valence-corrected chi connectivity index (χ4v) is 3.18. The Hall–Kier alpha value is -0.0900. The Morgan fingerprint density at radius 3 is 2.56 bits per heavy atom. The maximum atomic E-state index is 12.0. The molecule has 0 aliphatic carbocycles. The summed E-state index contributed by atoms with van der Waals surface area (Å²) in [5.74, 6) is 0.694. The van der Waals surface area contributed by atoms with Gasteiger partial charge in [0.25, 0.3) is 0 Å². The van der Waals surface area contributed by atoms with Crippen molar-refractivity contribution in [2.45, 2.75) is 24.8 Å². The van der Waals surface area contributed by atoms with Crippen LogP contribution in [0.3, 0.4) is 0 Å². The topological polar surface area (TPSA) is 43.1 Å². The van der Waals surface area contributed by atoms with E-state index in [0.717, 1.165) is 0 Å². The van der Waals surface area contributed by atoms with E-state index in [9.17, 15) is 4.21 Å². The Labute approximate surface area is 109 Å². The highest BCUT2D eigenvalue weighted by Gasteiger charge is 2.15. The van der Waals surface area contributed by atoms with Gasteiger partial charge >= 0.3 is 0 Å². The average molecular weight is 280 g/mol. The van der Waals surface area contributed by atoms with Gasteiger partial charge in [0.05, 0.1) is 20.7 Å². The molecule has 2 atom stereocenters. The van der Waals surface area contributed by atoms with Crippen molar-refractivity contribution in [3.05, 3.63) is 28.2 Å². The van der Waals surface area contributed by atoms with Crippen LogP contribution in [0, 0.1) is 5.92 Å². The van der Waals surface area contributed by atoms with E-state index >= 15 is 0 Å². The van der Waals surface area contributed by atoms with Crippen LogP contribution in [0.4, 0.5) is 0 Å². The smallest absolute Gasteiger partial charge is 0.0589 e. The van der Waals surface area contributed by atoms with Crippen molar-refractivity contribution < 1.29 is 4.21 Å². The third-order valence-corrected chi connectivity index (χ3v) is 4.53. The summed E-state index contributed by atoms with van der Waals surface area (Å²) in [5.41, 5.74) is 5.87. The molecule has 0 aromatic heterocycles. The molecule has 0 radical (unpaired) electrons. The van der Waals surface area contributed by atoms with Crippen molar-refractivity contribution in [3.8, 4) is 0 Å². The zero-order valence-corrected chi connectivity index (χ0v) is 11.6. The number of hydrogen-bond acceptors (Lipinski definition) is 2. The van der Waals surface area contributed by atoms with Gasteiger partial charge < -0.3 is 5.73 Å². The molecule has 0 fully saturated rings. The third kappa shape index (κ3) is 3.74. The molecule has 2 unspecified atom stereocenters. The Morgan fingerprint density at radius 1 is 1.38 bits per heavy atom. The third-order valence-electron chi connectivity index (χ3n) is 2.34. The number of rotatable bonds is 4. The maximum Gasteiger partial charge on any atom is 0.0589 e. The molecule has 0 aliphatic heterocycles. The van der Waals surface area contributed by atoms with E-state index in [4.69, 9.17) is 28.9 Å². The first-order valence-electron chi connectivity index (χ1n) is 5.01. The molecule has 16 heavy (non-hydrogen) atoms. The van der Waals surface area contributed by atoms with Crippen molar-refractivity contribution >= 4 is 34.0 Å². The summed E-state index contributed by atoms with van der Waals surface area (Å²) in [4.78, 5) is 0.560. The van der Waals surface area contributed by atoms with Crippen molar-refractivity contribution in [3.63, 3.8) is 0 Å². The lowest BCUT2D eigenvalue weighted by molar-refractivity contribution is 0.530. The molecule has 0 heterocycles. The molecule has 0 bridgehead atoms. The monoisotopic (exact) mass is 279 g/mol. The van der Waals surface area contributed by atoms with Gasteiger partial charge in [-0.05, 0) is 24.1 Å². The highest BCUT2D eigenvalue weighted by molar-refractivity contribution is 7.85. The highest BCUT2D eigenvalue weighted by Crippen LogP contribution is 2.24. The van der Waals surface area contributed by atoms with E-state index in [1.807, 2.05) is 13.8 Å². The summed E-state index contributed by atoms with van der Waals surface area (Å²) < 4.78 is 12.0. The first-order valence-corrected chi connectivity index (χ1v) is 7.08. The fraction of sp³-hybridized carbons (Fsp3) is 0.455. The average Bonchev–Trinajstić information content (AvgIpc) is 2.21. The minimum atomic E-state index is -1.20. The molecule has 0 amide bonds. The van der Waals surface area contributed by atoms with Crippen LogP contribution in [0.1, 0.15) is 13.8 Å². The van der Waals surface area contributed by atoms with Crippen LogP contribution in [0.25, 0.3) is 0 Å². The Morgan fingerprint density at radius 2 is 2.00 bits per heavy atom. The van der Waals surface area contributed by atoms with Gasteiger partial charge in [-0.25, -0.2) is 0 Å².